The van der Waals surface area contributed by atoms with Gasteiger partial charge in [0, 0.05) is 24.9 Å². The van der Waals surface area contributed by atoms with Crippen LogP contribution in [0.3, 0.4) is 0 Å². The molecule has 1 saturated heterocycles. The lowest BCUT2D eigenvalue weighted by Gasteiger charge is -2.40. The summed E-state index contributed by atoms with van der Waals surface area (Å²) in [6.07, 6.45) is 10.1. The van der Waals surface area contributed by atoms with Crippen LogP contribution in [-0.2, 0) is 4.79 Å². The third kappa shape index (κ3) is 2.54. The monoisotopic (exact) mass is 221 g/mol. The van der Waals surface area contributed by atoms with Crippen molar-refractivity contribution in [3.05, 3.63) is 12.7 Å². The fourth-order valence-corrected chi connectivity index (χ4v) is 3.28. The summed E-state index contributed by atoms with van der Waals surface area (Å²) in [7, 11) is 0. The predicted molar refractivity (Wildman–Crippen MR) is 66.4 cm³/mol. The average Bonchev–Trinajstić information content (AvgIpc) is 2.31. The van der Waals surface area contributed by atoms with Gasteiger partial charge in [0.25, 0.3) is 0 Å². The van der Waals surface area contributed by atoms with Crippen molar-refractivity contribution in [1.29, 1.82) is 0 Å². The molecule has 1 aliphatic carbocycles. The van der Waals surface area contributed by atoms with Gasteiger partial charge in [0.05, 0.1) is 0 Å². The fraction of sp³-hybridized carbons (Fsp3) is 0.786. The summed E-state index contributed by atoms with van der Waals surface area (Å²) in [6, 6.07) is 0.513. The molecule has 0 spiro atoms. The van der Waals surface area contributed by atoms with Crippen molar-refractivity contribution in [2.45, 2.75) is 51.0 Å². The Labute approximate surface area is 98.7 Å². The molecule has 0 bridgehead atoms. The Hall–Kier alpha value is -0.630. The molecule has 0 aromatic heterocycles. The van der Waals surface area contributed by atoms with E-state index in [0.717, 1.165) is 32.4 Å². The van der Waals surface area contributed by atoms with E-state index in [1.807, 2.05) is 6.08 Å². The number of nitrogens with zero attached hydrogens (tertiary/aromatic N) is 1. The Morgan fingerprint density at radius 2 is 2.06 bits per heavy atom. The maximum atomic E-state index is 12.0. The second-order valence-electron chi connectivity index (χ2n) is 5.17. The number of Topliss-reactive ketones (excluding diaryl/α,β-unsaturated/α-hetero) is 1. The molecule has 16 heavy (non-hydrogen) atoms. The van der Waals surface area contributed by atoms with Gasteiger partial charge in [-0.15, -0.1) is 6.58 Å². The molecule has 2 nitrogen and oxygen atoms in total. The summed E-state index contributed by atoms with van der Waals surface area (Å²) in [4.78, 5) is 14.5. The lowest BCUT2D eigenvalue weighted by atomic mass is 9.79. The summed E-state index contributed by atoms with van der Waals surface area (Å²) >= 11 is 0. The van der Waals surface area contributed by atoms with Crippen LogP contribution < -0.4 is 0 Å². The fourth-order valence-electron chi connectivity index (χ4n) is 3.28. The molecule has 2 unspecified atom stereocenters. The first-order valence-corrected chi connectivity index (χ1v) is 6.70. The van der Waals surface area contributed by atoms with Crippen molar-refractivity contribution in [1.82, 2.24) is 4.90 Å². The minimum atomic E-state index is 0.328. The highest BCUT2D eigenvalue weighted by atomic mass is 16.1. The lowest BCUT2D eigenvalue weighted by Crippen LogP contribution is -2.47. The highest BCUT2D eigenvalue weighted by Crippen LogP contribution is 2.31. The maximum absolute atomic E-state index is 12.0. The molecular formula is C14H23NO. The number of carbonyl (C=O) groups is 1. The summed E-state index contributed by atoms with van der Waals surface area (Å²) in [6.45, 7) is 5.93. The molecule has 1 aliphatic heterocycles. The zero-order valence-corrected chi connectivity index (χ0v) is 10.2. The van der Waals surface area contributed by atoms with Crippen LogP contribution in [0.2, 0.25) is 0 Å². The van der Waals surface area contributed by atoms with Crippen LogP contribution in [0.15, 0.2) is 12.7 Å². The first-order valence-electron chi connectivity index (χ1n) is 6.70. The second kappa shape index (κ2) is 5.62. The largest absolute Gasteiger partial charge is 0.299 e. The third-order valence-electron chi connectivity index (χ3n) is 4.09. The number of carbonyl (C=O) groups excluding carboxylic acids is 1. The van der Waals surface area contributed by atoms with Crippen LogP contribution in [-0.4, -0.2) is 29.8 Å². The first kappa shape index (κ1) is 11.8. The average molecular weight is 221 g/mol. The summed E-state index contributed by atoms with van der Waals surface area (Å²) < 4.78 is 0. The normalized spacial score (nSPS) is 32.6. The van der Waals surface area contributed by atoms with Gasteiger partial charge >= 0.3 is 0 Å². The third-order valence-corrected chi connectivity index (χ3v) is 4.09. The number of likely N-dealkylation sites (tertiary alicyclic amines) is 1. The van der Waals surface area contributed by atoms with Gasteiger partial charge in [-0.1, -0.05) is 18.9 Å². The number of hydrogen-bond acceptors (Lipinski definition) is 2. The van der Waals surface area contributed by atoms with Crippen molar-refractivity contribution in [2.75, 3.05) is 13.1 Å². The molecule has 0 aromatic carbocycles. The van der Waals surface area contributed by atoms with E-state index in [9.17, 15) is 4.79 Å². The quantitative estimate of drug-likeness (QED) is 0.683. The standard InChI is InChI=1S/C14H23NO/c1-2-10-15-11-6-5-8-13(15)12-7-3-4-9-14(12)16/h2,12-13H,1,3-11H2. The Morgan fingerprint density at radius 1 is 1.25 bits per heavy atom. The lowest BCUT2D eigenvalue weighted by molar-refractivity contribution is -0.127. The zero-order chi connectivity index (χ0) is 11.4. The topological polar surface area (TPSA) is 20.3 Å². The van der Waals surface area contributed by atoms with E-state index in [-0.39, 0.29) is 0 Å². The van der Waals surface area contributed by atoms with Crippen molar-refractivity contribution in [3.63, 3.8) is 0 Å². The van der Waals surface area contributed by atoms with Gasteiger partial charge in [-0.3, -0.25) is 9.69 Å². The second-order valence-corrected chi connectivity index (χ2v) is 5.17. The highest BCUT2D eigenvalue weighted by Gasteiger charge is 2.34. The van der Waals surface area contributed by atoms with Gasteiger partial charge in [-0.25, -0.2) is 0 Å². The van der Waals surface area contributed by atoms with Crippen molar-refractivity contribution < 1.29 is 4.79 Å². The summed E-state index contributed by atoms with van der Waals surface area (Å²) in [5.74, 6) is 0.848. The first-order chi connectivity index (χ1) is 7.83. The Bertz CT molecular complexity index is 261. The molecule has 2 aliphatic rings. The molecule has 0 radical (unpaired) electrons. The van der Waals surface area contributed by atoms with E-state index in [1.165, 1.54) is 25.7 Å². The Morgan fingerprint density at radius 3 is 2.81 bits per heavy atom. The van der Waals surface area contributed by atoms with Crippen molar-refractivity contribution >= 4 is 5.78 Å². The zero-order valence-electron chi connectivity index (χ0n) is 10.2. The number of hydrogen-bond donors (Lipinski definition) is 0. The van der Waals surface area contributed by atoms with E-state index in [4.69, 9.17) is 0 Å². The molecule has 1 heterocycles. The molecule has 2 rings (SSSR count). The molecule has 2 fully saturated rings. The van der Waals surface area contributed by atoms with E-state index < -0.39 is 0 Å². The van der Waals surface area contributed by atoms with Gasteiger partial charge in [-0.2, -0.15) is 0 Å². The van der Waals surface area contributed by atoms with Crippen molar-refractivity contribution in [2.24, 2.45) is 5.92 Å². The van der Waals surface area contributed by atoms with E-state index in [2.05, 4.69) is 11.5 Å². The molecule has 0 amide bonds. The smallest absolute Gasteiger partial charge is 0.137 e. The van der Waals surface area contributed by atoms with Gasteiger partial charge in [0.15, 0.2) is 0 Å². The summed E-state index contributed by atoms with van der Waals surface area (Å²) in [5.41, 5.74) is 0. The van der Waals surface area contributed by atoms with Crippen LogP contribution in [0.25, 0.3) is 0 Å². The van der Waals surface area contributed by atoms with E-state index >= 15 is 0 Å². The van der Waals surface area contributed by atoms with E-state index in [1.54, 1.807) is 0 Å². The van der Waals surface area contributed by atoms with Crippen LogP contribution in [0.4, 0.5) is 0 Å². The molecule has 2 atom stereocenters. The molecule has 1 saturated carbocycles. The molecule has 0 aromatic rings. The Kier molecular flexibility index (Phi) is 4.16. The molecule has 2 heteroatoms. The predicted octanol–water partition coefficient (Wildman–Crippen LogP) is 2.79. The van der Waals surface area contributed by atoms with Gasteiger partial charge in [-0.05, 0) is 32.2 Å². The van der Waals surface area contributed by atoms with Gasteiger partial charge in [0.1, 0.15) is 5.78 Å². The SMILES string of the molecule is C=CCN1CCCCC1C1CCCCC1=O. The van der Waals surface area contributed by atoms with Crippen LogP contribution in [0.5, 0.6) is 0 Å². The van der Waals surface area contributed by atoms with Gasteiger partial charge < -0.3 is 0 Å². The number of piperidine rings is 1. The van der Waals surface area contributed by atoms with Crippen LogP contribution in [0.1, 0.15) is 44.9 Å². The van der Waals surface area contributed by atoms with Crippen LogP contribution in [0, 0.1) is 5.92 Å². The number of ketones is 1. The molecule has 0 N–H and O–H groups in total. The van der Waals surface area contributed by atoms with Crippen molar-refractivity contribution in [3.8, 4) is 0 Å². The summed E-state index contributed by atoms with van der Waals surface area (Å²) in [5, 5.41) is 0. The number of rotatable bonds is 3. The highest BCUT2D eigenvalue weighted by molar-refractivity contribution is 5.82. The molecule has 90 valence electrons. The minimum absolute atomic E-state index is 0.328. The van der Waals surface area contributed by atoms with Crippen LogP contribution >= 0.6 is 0 Å². The van der Waals surface area contributed by atoms with E-state index in [0.29, 0.717) is 17.7 Å². The maximum Gasteiger partial charge on any atom is 0.137 e. The molecular weight excluding hydrogens is 198 g/mol. The van der Waals surface area contributed by atoms with Gasteiger partial charge in [0.2, 0.25) is 0 Å². The minimum Gasteiger partial charge on any atom is -0.299 e. The Balaban J connectivity index is 2.03.